The Morgan fingerprint density at radius 1 is 1.07 bits per heavy atom. The van der Waals surface area contributed by atoms with Gasteiger partial charge in [0.2, 0.25) is 5.75 Å². The van der Waals surface area contributed by atoms with E-state index in [0.29, 0.717) is 36.6 Å². The minimum Gasteiger partial charge on any atom is -0.481 e. The predicted octanol–water partition coefficient (Wildman–Crippen LogP) is 7.97. The molecule has 1 saturated carbocycles. The van der Waals surface area contributed by atoms with Gasteiger partial charge in [-0.1, -0.05) is 101 Å². The molecule has 1 fully saturated rings. The molecule has 1 aliphatic rings. The van der Waals surface area contributed by atoms with Gasteiger partial charge >= 0.3 is 0 Å². The second-order valence-corrected chi connectivity index (χ2v) is 20.4. The molecule has 0 atom stereocenters. The molecule has 7 nitrogen and oxygen atoms in total. The van der Waals surface area contributed by atoms with Crippen LogP contribution in [0.4, 0.5) is 0 Å². The molecule has 244 valence electrons. The first-order valence-electron chi connectivity index (χ1n) is 16.2. The summed E-state index contributed by atoms with van der Waals surface area (Å²) in [4.78, 5) is 37.5. The molecule has 0 spiro atoms. The highest BCUT2D eigenvalue weighted by Gasteiger charge is 2.38. The molecule has 9 heteroatoms. The molecular weight excluding hydrogens is 602 g/mol. The van der Waals surface area contributed by atoms with Crippen LogP contribution in [0.1, 0.15) is 87.7 Å². The molecule has 0 radical (unpaired) electrons. The Labute approximate surface area is 274 Å². The number of hydrogen-bond donors (Lipinski definition) is 1. The molecule has 0 unspecified atom stereocenters. The average molecular weight is 652 g/mol. The number of amides is 1. The van der Waals surface area contributed by atoms with Crippen molar-refractivity contribution in [3.05, 3.63) is 92.6 Å². The quantitative estimate of drug-likeness (QED) is 0.150. The third kappa shape index (κ3) is 8.66. The number of rotatable bonds is 13. The third-order valence-corrected chi connectivity index (χ3v) is 15.0. The predicted molar refractivity (Wildman–Crippen MR) is 185 cm³/mol. The van der Waals surface area contributed by atoms with E-state index in [1.165, 1.54) is 5.56 Å². The third-order valence-electron chi connectivity index (χ3n) is 9.73. The van der Waals surface area contributed by atoms with E-state index in [9.17, 15) is 9.59 Å². The first-order valence-corrected chi connectivity index (χ1v) is 19.8. The van der Waals surface area contributed by atoms with E-state index in [1.807, 2.05) is 56.3 Å². The highest BCUT2D eigenvalue weighted by Crippen LogP contribution is 2.43. The van der Waals surface area contributed by atoms with Crippen LogP contribution >= 0.6 is 11.6 Å². The van der Waals surface area contributed by atoms with Gasteiger partial charge < -0.3 is 19.4 Å². The molecule has 0 saturated heterocycles. The molecule has 1 aliphatic carbocycles. The molecule has 1 heterocycles. The topological polar surface area (TPSA) is 84.5 Å². The van der Waals surface area contributed by atoms with Gasteiger partial charge in [-0.05, 0) is 55.0 Å². The van der Waals surface area contributed by atoms with Gasteiger partial charge in [-0.15, -0.1) is 0 Å². The zero-order valence-corrected chi connectivity index (χ0v) is 29.8. The lowest BCUT2D eigenvalue weighted by atomic mass is 9.76. The van der Waals surface area contributed by atoms with Crippen LogP contribution in [0.15, 0.2) is 59.4 Å². The Kier molecular flexibility index (Phi) is 11.4. The van der Waals surface area contributed by atoms with Gasteiger partial charge in [0.25, 0.3) is 11.5 Å². The van der Waals surface area contributed by atoms with Crippen LogP contribution in [0.25, 0.3) is 0 Å². The van der Waals surface area contributed by atoms with E-state index in [-0.39, 0.29) is 40.5 Å². The number of ether oxygens (including phenoxy) is 2. The summed E-state index contributed by atoms with van der Waals surface area (Å²) < 4.78 is 12.2. The van der Waals surface area contributed by atoms with Crippen LogP contribution in [-0.2, 0) is 23.2 Å². The summed E-state index contributed by atoms with van der Waals surface area (Å²) in [5, 5.41) is 0.896. The minimum atomic E-state index is -1.63. The Hall–Kier alpha value is -2.94. The number of benzene rings is 2. The summed E-state index contributed by atoms with van der Waals surface area (Å²) in [7, 11) is -1.63. The fraction of sp³-hybridized carbons (Fsp3) is 0.528. The van der Waals surface area contributed by atoms with Crippen LogP contribution in [-0.4, -0.2) is 54.3 Å². The molecule has 45 heavy (non-hydrogen) atoms. The van der Waals surface area contributed by atoms with Crippen molar-refractivity contribution < 1.29 is 14.3 Å². The number of halogens is 1. The summed E-state index contributed by atoms with van der Waals surface area (Å²) in [5.41, 5.74) is 1.48. The number of aromatic nitrogens is 2. The van der Waals surface area contributed by atoms with Crippen LogP contribution in [0.3, 0.4) is 0 Å². The molecule has 1 amide bonds. The number of aromatic amines is 1. The molecular formula is C36H50ClN3O4Si. The van der Waals surface area contributed by atoms with E-state index in [1.54, 1.807) is 4.90 Å². The smallest absolute Gasteiger partial charge is 0.294 e. The maximum atomic E-state index is 14.3. The van der Waals surface area contributed by atoms with Gasteiger partial charge in [-0.25, -0.2) is 4.98 Å². The van der Waals surface area contributed by atoms with E-state index < -0.39 is 13.6 Å². The Morgan fingerprint density at radius 3 is 2.31 bits per heavy atom. The Bertz CT molecular complexity index is 1480. The van der Waals surface area contributed by atoms with Crippen molar-refractivity contribution >= 4 is 25.6 Å². The summed E-state index contributed by atoms with van der Waals surface area (Å²) in [6.07, 6.45) is 5.34. The minimum absolute atomic E-state index is 0.0482. The second-order valence-electron chi connectivity index (χ2n) is 14.4. The van der Waals surface area contributed by atoms with Gasteiger partial charge in [0.1, 0.15) is 12.4 Å². The first kappa shape index (κ1) is 34.9. The van der Waals surface area contributed by atoms with Crippen molar-refractivity contribution in [3.63, 3.8) is 0 Å². The van der Waals surface area contributed by atoms with Crippen molar-refractivity contribution in [2.24, 2.45) is 0 Å². The largest absolute Gasteiger partial charge is 0.481 e. The van der Waals surface area contributed by atoms with Gasteiger partial charge in [-0.3, -0.25) is 9.59 Å². The summed E-state index contributed by atoms with van der Waals surface area (Å²) in [5.74, 6) is 0.112. The van der Waals surface area contributed by atoms with Crippen molar-refractivity contribution in [1.29, 1.82) is 0 Å². The normalized spacial score (nSPS) is 15.0. The second kappa shape index (κ2) is 14.7. The summed E-state index contributed by atoms with van der Waals surface area (Å²) in [6, 6.07) is 17.4. The molecule has 0 bridgehead atoms. The van der Waals surface area contributed by atoms with Crippen LogP contribution < -0.4 is 10.3 Å². The lowest BCUT2D eigenvalue weighted by molar-refractivity contribution is 0.0604. The number of H-pyrrole nitrogens is 1. The highest BCUT2D eigenvalue weighted by atomic mass is 35.5. The molecule has 4 rings (SSSR count). The number of carbonyl (C=O) groups is 1. The SMILES string of the molecule is CC(C)N(CCOC[Si](C)(C)C(C)(C)C)C(=O)c1nc(CC2(c3ccc(Cl)cc3)CCCC2)[nH]c(=O)c1OCc1ccccc1. The standard InChI is InChI=1S/C36H50ClN3O4Si/c1-26(2)40(21-22-43-25-45(6,7)35(3,4)5)34(42)31-32(44-24-27-13-9-8-10-14-27)33(41)39-30(38-31)23-36(19-11-12-20-36)28-15-17-29(37)18-16-28/h8-10,13-18,26H,11-12,19-25H2,1-7H3,(H,38,39,41). The number of hydrogen-bond acceptors (Lipinski definition) is 5. The van der Waals surface area contributed by atoms with Crippen molar-refractivity contribution in [1.82, 2.24) is 14.9 Å². The van der Waals surface area contributed by atoms with Crippen molar-refractivity contribution in [2.45, 2.75) is 103 Å². The lowest BCUT2D eigenvalue weighted by Crippen LogP contribution is -2.44. The number of nitrogens with one attached hydrogen (secondary N) is 1. The van der Waals surface area contributed by atoms with Crippen molar-refractivity contribution in [2.75, 3.05) is 19.4 Å². The summed E-state index contributed by atoms with van der Waals surface area (Å²) in [6.45, 7) is 16.4. The maximum absolute atomic E-state index is 14.3. The monoisotopic (exact) mass is 651 g/mol. The highest BCUT2D eigenvalue weighted by molar-refractivity contribution is 6.80. The zero-order valence-electron chi connectivity index (χ0n) is 28.0. The van der Waals surface area contributed by atoms with E-state index >= 15 is 0 Å². The zero-order chi connectivity index (χ0) is 32.8. The number of carbonyl (C=O) groups excluding carboxylic acids is 1. The Balaban J connectivity index is 1.65. The van der Waals surface area contributed by atoms with Crippen LogP contribution in [0.5, 0.6) is 5.75 Å². The van der Waals surface area contributed by atoms with Gasteiger partial charge in [0, 0.05) is 35.7 Å². The first-order chi connectivity index (χ1) is 21.2. The van der Waals surface area contributed by atoms with E-state index in [0.717, 1.165) is 31.2 Å². The molecule has 1 N–H and O–H groups in total. The van der Waals surface area contributed by atoms with Gasteiger partial charge in [0.05, 0.1) is 14.7 Å². The molecule has 0 aliphatic heterocycles. The van der Waals surface area contributed by atoms with Gasteiger partial charge in [0.15, 0.2) is 5.69 Å². The van der Waals surface area contributed by atoms with Gasteiger partial charge in [-0.2, -0.15) is 0 Å². The number of nitrogens with zero attached hydrogens (tertiary/aromatic N) is 2. The summed E-state index contributed by atoms with van der Waals surface area (Å²) >= 11 is 6.21. The van der Waals surface area contributed by atoms with E-state index in [4.69, 9.17) is 26.1 Å². The van der Waals surface area contributed by atoms with Crippen LogP contribution in [0.2, 0.25) is 23.2 Å². The molecule has 2 aromatic carbocycles. The van der Waals surface area contributed by atoms with Crippen molar-refractivity contribution in [3.8, 4) is 5.75 Å². The molecule has 1 aromatic heterocycles. The fourth-order valence-electron chi connectivity index (χ4n) is 5.78. The molecule has 3 aromatic rings. The Morgan fingerprint density at radius 2 is 1.71 bits per heavy atom. The van der Waals surface area contributed by atoms with Crippen LogP contribution in [0, 0.1) is 0 Å². The maximum Gasteiger partial charge on any atom is 0.294 e. The fourth-order valence-corrected chi connectivity index (χ4v) is 7.00. The lowest BCUT2D eigenvalue weighted by Gasteiger charge is -2.36. The average Bonchev–Trinajstić information content (AvgIpc) is 3.45. The van der Waals surface area contributed by atoms with E-state index in [2.05, 4.69) is 51.0 Å².